The van der Waals surface area contributed by atoms with E-state index in [0.717, 1.165) is 22.6 Å². The highest BCUT2D eigenvalue weighted by Gasteiger charge is 2.14. The van der Waals surface area contributed by atoms with Crippen LogP contribution in [-0.2, 0) is 0 Å². The highest BCUT2D eigenvalue weighted by atomic mass is 35.5. The Morgan fingerprint density at radius 2 is 2.00 bits per heavy atom. The Morgan fingerprint density at radius 3 is 2.67 bits per heavy atom. The van der Waals surface area contributed by atoms with Crippen LogP contribution in [0.2, 0.25) is 10.0 Å². The molecule has 5 N–H and O–H groups in total. The second kappa shape index (κ2) is 6.20. The lowest BCUT2D eigenvalue weighted by atomic mass is 10.2. The predicted molar refractivity (Wildman–Crippen MR) is 87.2 cm³/mol. The molecule has 0 bridgehead atoms. The number of guanidine groups is 1. The van der Waals surface area contributed by atoms with Crippen molar-refractivity contribution in [3.05, 3.63) is 51.3 Å². The fraction of sp³-hybridized carbons (Fsp3) is 0.143. The van der Waals surface area contributed by atoms with Crippen LogP contribution in [0.3, 0.4) is 0 Å². The van der Waals surface area contributed by atoms with Crippen LogP contribution >= 0.6 is 23.2 Å². The van der Waals surface area contributed by atoms with E-state index in [0.29, 0.717) is 10.0 Å². The van der Waals surface area contributed by atoms with E-state index < -0.39 is 0 Å². The van der Waals surface area contributed by atoms with Gasteiger partial charge in [0.1, 0.15) is 0 Å². The summed E-state index contributed by atoms with van der Waals surface area (Å²) in [4.78, 5) is 0. The smallest absolute Gasteiger partial charge is 0.256 e. The normalized spacial score (nSPS) is 11.0. The highest BCUT2D eigenvalue weighted by molar-refractivity contribution is 6.43. The van der Waals surface area contributed by atoms with Gasteiger partial charge >= 0.3 is 0 Å². The summed E-state index contributed by atoms with van der Waals surface area (Å²) < 4.78 is 2.03. The summed E-state index contributed by atoms with van der Waals surface area (Å²) >= 11 is 12.4. The van der Waals surface area contributed by atoms with Gasteiger partial charge in [0.05, 0.1) is 21.3 Å². The van der Waals surface area contributed by atoms with Crippen molar-refractivity contribution in [2.24, 2.45) is 16.6 Å². The number of hydrogen-bond acceptors (Lipinski definition) is 1. The summed E-state index contributed by atoms with van der Waals surface area (Å²) in [5.74, 6) is -0.0297. The zero-order valence-corrected chi connectivity index (χ0v) is 13.2. The monoisotopic (exact) mass is 324 g/mol. The van der Waals surface area contributed by atoms with Gasteiger partial charge in [-0.3, -0.25) is 0 Å². The Hall–Kier alpha value is -1.98. The van der Waals surface area contributed by atoms with Crippen LogP contribution in [0.1, 0.15) is 17.0 Å². The third kappa shape index (κ3) is 3.20. The number of rotatable bonds is 3. The lowest BCUT2D eigenvalue weighted by Crippen LogP contribution is -2.63. The van der Waals surface area contributed by atoms with Gasteiger partial charge in [-0.05, 0) is 32.0 Å². The molecule has 0 aliphatic rings. The van der Waals surface area contributed by atoms with Crippen LogP contribution in [0, 0.1) is 13.8 Å². The van der Waals surface area contributed by atoms with E-state index in [1.165, 1.54) is 0 Å². The Morgan fingerprint density at radius 1 is 1.29 bits per heavy atom. The van der Waals surface area contributed by atoms with Crippen LogP contribution in [0.4, 0.5) is 0 Å². The molecule has 0 radical (unpaired) electrons. The summed E-state index contributed by atoms with van der Waals surface area (Å²) in [7, 11) is 0. The molecule has 0 aliphatic carbocycles. The van der Waals surface area contributed by atoms with Gasteiger partial charge < -0.3 is 16.0 Å². The molecule has 2 rings (SSSR count). The maximum atomic E-state index is 6.29. The molecule has 21 heavy (non-hydrogen) atoms. The van der Waals surface area contributed by atoms with Gasteiger partial charge in [0.15, 0.2) is 0 Å². The standard InChI is InChI=1S/C14H15Cl2N5/c1-8-6-10(7-19-20-14(17)18)9(2)21(8)12-5-3-4-11(15)13(12)16/h3-7H,1-2H3,(H4,17,18,20)/p+1/b19-7+. The first-order valence-corrected chi connectivity index (χ1v) is 6.98. The molecule has 0 aliphatic heterocycles. The van der Waals surface area contributed by atoms with Gasteiger partial charge in [0.25, 0.3) is 5.96 Å². The molecular weight excluding hydrogens is 309 g/mol. The molecule has 0 fully saturated rings. The molecule has 110 valence electrons. The summed E-state index contributed by atoms with van der Waals surface area (Å²) in [6, 6.07) is 7.54. The SMILES string of the molecule is Cc1cc(/C=[NH+]/N=C(N)N)c(C)n1-c1cccc(Cl)c1Cl. The Bertz CT molecular complexity index is 727. The van der Waals surface area contributed by atoms with Crippen LogP contribution in [0.25, 0.3) is 5.69 Å². The van der Waals surface area contributed by atoms with E-state index in [1.807, 2.05) is 36.6 Å². The maximum Gasteiger partial charge on any atom is 0.256 e. The molecule has 2 aromatic rings. The minimum Gasteiger partial charge on any atom is -0.365 e. The number of aryl methyl sites for hydroxylation is 1. The van der Waals surface area contributed by atoms with Gasteiger partial charge in [0, 0.05) is 16.5 Å². The summed E-state index contributed by atoms with van der Waals surface area (Å²) in [6.07, 6.45) is 1.72. The van der Waals surface area contributed by atoms with Crippen molar-refractivity contribution >= 4 is 35.4 Å². The zero-order valence-electron chi connectivity index (χ0n) is 11.7. The van der Waals surface area contributed by atoms with Crippen molar-refractivity contribution in [1.82, 2.24) is 4.57 Å². The average molecular weight is 325 g/mol. The predicted octanol–water partition coefficient (Wildman–Crippen LogP) is 1.09. The molecule has 7 heteroatoms. The Balaban J connectivity index is 2.52. The number of hydrazone groups is 1. The second-order valence-electron chi connectivity index (χ2n) is 4.54. The summed E-state index contributed by atoms with van der Waals surface area (Å²) in [6.45, 7) is 3.97. The first-order valence-electron chi connectivity index (χ1n) is 6.22. The molecule has 0 amide bonds. The molecule has 5 nitrogen and oxygen atoms in total. The Kier molecular flexibility index (Phi) is 4.55. The first kappa shape index (κ1) is 15.4. The number of nitrogens with one attached hydrogen (secondary N) is 1. The van der Waals surface area contributed by atoms with E-state index in [1.54, 1.807) is 12.3 Å². The van der Waals surface area contributed by atoms with Gasteiger partial charge in [-0.15, -0.1) is 5.10 Å². The van der Waals surface area contributed by atoms with Gasteiger partial charge in [-0.25, -0.2) is 0 Å². The third-order valence-electron chi connectivity index (χ3n) is 3.06. The van der Waals surface area contributed by atoms with Crippen molar-refractivity contribution in [2.75, 3.05) is 0 Å². The molecule has 1 aromatic carbocycles. The number of hydrogen-bond donors (Lipinski definition) is 3. The fourth-order valence-electron chi connectivity index (χ4n) is 2.15. The van der Waals surface area contributed by atoms with E-state index in [-0.39, 0.29) is 5.96 Å². The molecule has 0 spiro atoms. The molecule has 0 atom stereocenters. The van der Waals surface area contributed by atoms with Gasteiger partial charge in [-0.1, -0.05) is 29.3 Å². The van der Waals surface area contributed by atoms with E-state index in [2.05, 4.69) is 10.2 Å². The van der Waals surface area contributed by atoms with Crippen LogP contribution in [0.15, 0.2) is 29.4 Å². The minimum atomic E-state index is -0.0297. The van der Waals surface area contributed by atoms with Gasteiger partial charge in [0.2, 0.25) is 6.21 Å². The molecule has 0 unspecified atom stereocenters. The van der Waals surface area contributed by atoms with Crippen molar-refractivity contribution in [1.29, 1.82) is 0 Å². The quantitative estimate of drug-likeness (QED) is 0.448. The van der Waals surface area contributed by atoms with Crippen molar-refractivity contribution < 1.29 is 5.10 Å². The van der Waals surface area contributed by atoms with Gasteiger partial charge in [-0.2, -0.15) is 0 Å². The van der Waals surface area contributed by atoms with Crippen molar-refractivity contribution in [2.45, 2.75) is 13.8 Å². The van der Waals surface area contributed by atoms with E-state index in [4.69, 9.17) is 34.7 Å². The molecular formula is C14H16Cl2N5+. The number of aromatic nitrogens is 1. The largest absolute Gasteiger partial charge is 0.365 e. The van der Waals surface area contributed by atoms with Crippen molar-refractivity contribution in [3.8, 4) is 5.69 Å². The van der Waals surface area contributed by atoms with E-state index >= 15 is 0 Å². The zero-order chi connectivity index (χ0) is 15.6. The topological polar surface area (TPSA) is 83.3 Å². The Labute approximate surface area is 132 Å². The third-order valence-corrected chi connectivity index (χ3v) is 3.87. The number of nitrogens with two attached hydrogens (primary N) is 2. The van der Waals surface area contributed by atoms with E-state index in [9.17, 15) is 0 Å². The minimum absolute atomic E-state index is 0.0297. The fourth-order valence-corrected chi connectivity index (χ4v) is 2.53. The van der Waals surface area contributed by atoms with Crippen molar-refractivity contribution in [3.63, 3.8) is 0 Å². The van der Waals surface area contributed by atoms with Crippen LogP contribution < -0.4 is 16.6 Å². The molecule has 0 saturated heterocycles. The maximum absolute atomic E-state index is 6.29. The molecule has 1 heterocycles. The summed E-state index contributed by atoms with van der Waals surface area (Å²) in [5.41, 5.74) is 14.3. The average Bonchev–Trinajstić information content (AvgIpc) is 2.68. The highest BCUT2D eigenvalue weighted by Crippen LogP contribution is 2.31. The van der Waals surface area contributed by atoms with Crippen LogP contribution in [0.5, 0.6) is 0 Å². The first-order chi connectivity index (χ1) is 9.91. The number of halogens is 2. The van der Waals surface area contributed by atoms with Crippen LogP contribution in [-0.4, -0.2) is 16.7 Å². The second-order valence-corrected chi connectivity index (χ2v) is 5.33. The molecule has 0 saturated carbocycles. The molecule has 1 aromatic heterocycles. The number of benzene rings is 1. The number of nitrogens with zero attached hydrogens (tertiary/aromatic N) is 2. The lowest BCUT2D eigenvalue weighted by Gasteiger charge is -2.12. The lowest BCUT2D eigenvalue weighted by molar-refractivity contribution is -0.456. The summed E-state index contributed by atoms with van der Waals surface area (Å²) in [5, 5.41) is 7.45.